The molecule has 2 atom stereocenters. The van der Waals surface area contributed by atoms with E-state index in [0.29, 0.717) is 0 Å². The van der Waals surface area contributed by atoms with Gasteiger partial charge in [0.25, 0.3) is 0 Å². The second kappa shape index (κ2) is 5.55. The van der Waals surface area contributed by atoms with Crippen LogP contribution in [0, 0.1) is 5.92 Å². The number of methoxy groups -OCH3 is 1. The van der Waals surface area contributed by atoms with E-state index in [9.17, 15) is 0 Å². The summed E-state index contributed by atoms with van der Waals surface area (Å²) in [7, 11) is 1.79. The molecule has 72 valence electrons. The molecule has 1 heterocycles. The maximum Gasteiger partial charge on any atom is 0.0465 e. The first-order chi connectivity index (χ1) is 5.88. The average molecular weight is 171 g/mol. The van der Waals surface area contributed by atoms with Crippen molar-refractivity contribution in [1.82, 2.24) is 5.32 Å². The lowest BCUT2D eigenvalue weighted by Gasteiger charge is -2.21. The number of hydrogen-bond donors (Lipinski definition) is 1. The minimum Gasteiger partial charge on any atom is -0.385 e. The minimum absolute atomic E-state index is 0.769. The summed E-state index contributed by atoms with van der Waals surface area (Å²) in [5.74, 6) is 0.826. The molecule has 1 aliphatic rings. The van der Waals surface area contributed by atoms with Gasteiger partial charge >= 0.3 is 0 Å². The highest BCUT2D eigenvalue weighted by Gasteiger charge is 2.22. The van der Waals surface area contributed by atoms with E-state index in [-0.39, 0.29) is 0 Å². The van der Waals surface area contributed by atoms with Crippen LogP contribution in [0.4, 0.5) is 0 Å². The van der Waals surface area contributed by atoms with Crippen LogP contribution in [-0.2, 0) is 4.74 Å². The van der Waals surface area contributed by atoms with E-state index in [1.54, 1.807) is 7.11 Å². The standard InChI is InChI=1S/C10H21NO/c1-3-9(6-8-12-2)10-5-4-7-11-10/h9-11H,3-8H2,1-2H3. The molecule has 0 amide bonds. The molecule has 2 heteroatoms. The largest absolute Gasteiger partial charge is 0.385 e. The van der Waals surface area contributed by atoms with Crippen molar-refractivity contribution >= 4 is 0 Å². The van der Waals surface area contributed by atoms with Gasteiger partial charge in [0.2, 0.25) is 0 Å². The Morgan fingerprint density at radius 2 is 2.42 bits per heavy atom. The number of ether oxygens (including phenoxy) is 1. The fourth-order valence-corrected chi connectivity index (χ4v) is 2.07. The number of rotatable bonds is 5. The summed E-state index contributed by atoms with van der Waals surface area (Å²) in [6, 6.07) is 0.769. The third-order valence-corrected chi connectivity index (χ3v) is 2.88. The minimum atomic E-state index is 0.769. The maximum atomic E-state index is 5.11. The maximum absolute atomic E-state index is 5.11. The molecular weight excluding hydrogens is 150 g/mol. The van der Waals surface area contributed by atoms with Gasteiger partial charge in [-0.15, -0.1) is 0 Å². The molecule has 1 rings (SSSR count). The van der Waals surface area contributed by atoms with Crippen LogP contribution in [0.5, 0.6) is 0 Å². The molecule has 0 aliphatic carbocycles. The third kappa shape index (κ3) is 2.76. The van der Waals surface area contributed by atoms with E-state index < -0.39 is 0 Å². The first-order valence-corrected chi connectivity index (χ1v) is 5.10. The second-order valence-electron chi connectivity index (χ2n) is 3.65. The van der Waals surface area contributed by atoms with Crippen LogP contribution in [0.1, 0.15) is 32.6 Å². The average Bonchev–Trinajstić information content (AvgIpc) is 2.59. The fourth-order valence-electron chi connectivity index (χ4n) is 2.07. The van der Waals surface area contributed by atoms with Crippen molar-refractivity contribution in [3.8, 4) is 0 Å². The van der Waals surface area contributed by atoms with Crippen LogP contribution in [0.15, 0.2) is 0 Å². The van der Waals surface area contributed by atoms with Gasteiger partial charge in [-0.3, -0.25) is 0 Å². The third-order valence-electron chi connectivity index (χ3n) is 2.88. The number of nitrogens with one attached hydrogen (secondary N) is 1. The Hall–Kier alpha value is -0.0800. The molecule has 0 aromatic rings. The highest BCUT2D eigenvalue weighted by molar-refractivity contribution is 4.80. The van der Waals surface area contributed by atoms with Crippen LogP contribution < -0.4 is 5.32 Å². The predicted octanol–water partition coefficient (Wildman–Crippen LogP) is 1.80. The van der Waals surface area contributed by atoms with E-state index in [4.69, 9.17) is 4.74 Å². The first kappa shape index (κ1) is 10.0. The molecule has 2 unspecified atom stereocenters. The summed E-state index contributed by atoms with van der Waals surface area (Å²) < 4.78 is 5.11. The van der Waals surface area contributed by atoms with Crippen LogP contribution in [-0.4, -0.2) is 26.3 Å². The predicted molar refractivity (Wildman–Crippen MR) is 51.3 cm³/mol. The van der Waals surface area contributed by atoms with Crippen molar-refractivity contribution in [2.24, 2.45) is 5.92 Å². The van der Waals surface area contributed by atoms with Gasteiger partial charge in [0.1, 0.15) is 0 Å². The van der Waals surface area contributed by atoms with Crippen LogP contribution in [0.2, 0.25) is 0 Å². The van der Waals surface area contributed by atoms with Crippen molar-refractivity contribution in [3.05, 3.63) is 0 Å². The van der Waals surface area contributed by atoms with Gasteiger partial charge in [-0.1, -0.05) is 13.3 Å². The lowest BCUT2D eigenvalue weighted by atomic mass is 9.93. The Kier molecular flexibility index (Phi) is 4.62. The SMILES string of the molecule is CCC(CCOC)C1CCCN1. The van der Waals surface area contributed by atoms with Crippen molar-refractivity contribution in [2.75, 3.05) is 20.3 Å². The quantitative estimate of drug-likeness (QED) is 0.681. The zero-order valence-corrected chi connectivity index (χ0v) is 8.31. The molecule has 0 radical (unpaired) electrons. The van der Waals surface area contributed by atoms with Gasteiger partial charge < -0.3 is 10.1 Å². The molecule has 12 heavy (non-hydrogen) atoms. The summed E-state index contributed by atoms with van der Waals surface area (Å²) in [4.78, 5) is 0. The molecular formula is C10H21NO. The Morgan fingerprint density at radius 1 is 1.58 bits per heavy atom. The highest BCUT2D eigenvalue weighted by Crippen LogP contribution is 2.20. The molecule has 1 N–H and O–H groups in total. The van der Waals surface area contributed by atoms with Crippen LogP contribution >= 0.6 is 0 Å². The molecule has 2 nitrogen and oxygen atoms in total. The number of hydrogen-bond acceptors (Lipinski definition) is 2. The van der Waals surface area contributed by atoms with Gasteiger partial charge in [-0.05, 0) is 31.7 Å². The fraction of sp³-hybridized carbons (Fsp3) is 1.00. The summed E-state index contributed by atoms with van der Waals surface area (Å²) in [5.41, 5.74) is 0. The van der Waals surface area contributed by atoms with Crippen molar-refractivity contribution < 1.29 is 4.74 Å². The van der Waals surface area contributed by atoms with Crippen LogP contribution in [0.3, 0.4) is 0 Å². The Labute approximate surface area is 75.7 Å². The summed E-state index contributed by atoms with van der Waals surface area (Å²) in [6.45, 7) is 4.41. The molecule has 1 fully saturated rings. The van der Waals surface area contributed by atoms with E-state index in [1.165, 1.54) is 32.2 Å². The van der Waals surface area contributed by atoms with E-state index in [0.717, 1.165) is 18.6 Å². The molecule has 1 saturated heterocycles. The smallest absolute Gasteiger partial charge is 0.0465 e. The van der Waals surface area contributed by atoms with E-state index in [1.807, 2.05) is 0 Å². The van der Waals surface area contributed by atoms with E-state index in [2.05, 4.69) is 12.2 Å². The summed E-state index contributed by atoms with van der Waals surface area (Å²) >= 11 is 0. The normalized spacial score (nSPS) is 26.0. The van der Waals surface area contributed by atoms with Gasteiger partial charge in [0.05, 0.1) is 0 Å². The van der Waals surface area contributed by atoms with Gasteiger partial charge in [0.15, 0.2) is 0 Å². The molecule has 1 aliphatic heterocycles. The van der Waals surface area contributed by atoms with Gasteiger partial charge in [-0.25, -0.2) is 0 Å². The van der Waals surface area contributed by atoms with E-state index >= 15 is 0 Å². The Morgan fingerprint density at radius 3 is 2.92 bits per heavy atom. The summed E-state index contributed by atoms with van der Waals surface area (Å²) in [6.07, 6.45) is 5.21. The molecule has 0 aromatic carbocycles. The molecule has 0 saturated carbocycles. The Bertz CT molecular complexity index is 110. The van der Waals surface area contributed by atoms with Crippen molar-refractivity contribution in [3.63, 3.8) is 0 Å². The topological polar surface area (TPSA) is 21.3 Å². The molecule has 0 bridgehead atoms. The highest BCUT2D eigenvalue weighted by atomic mass is 16.5. The second-order valence-corrected chi connectivity index (χ2v) is 3.65. The van der Waals surface area contributed by atoms with Crippen molar-refractivity contribution in [2.45, 2.75) is 38.6 Å². The molecule has 0 aromatic heterocycles. The summed E-state index contributed by atoms with van der Waals surface area (Å²) in [5, 5.41) is 3.56. The lowest BCUT2D eigenvalue weighted by Crippen LogP contribution is -2.30. The molecule has 0 spiro atoms. The van der Waals surface area contributed by atoms with Crippen LogP contribution in [0.25, 0.3) is 0 Å². The zero-order chi connectivity index (χ0) is 8.81. The Balaban J connectivity index is 2.22. The monoisotopic (exact) mass is 171 g/mol. The lowest BCUT2D eigenvalue weighted by molar-refractivity contribution is 0.166. The van der Waals surface area contributed by atoms with Gasteiger partial charge in [0, 0.05) is 19.8 Å². The van der Waals surface area contributed by atoms with Gasteiger partial charge in [-0.2, -0.15) is 0 Å². The first-order valence-electron chi connectivity index (χ1n) is 5.10. The van der Waals surface area contributed by atoms with Crippen molar-refractivity contribution in [1.29, 1.82) is 0 Å². The zero-order valence-electron chi connectivity index (χ0n) is 8.31.